The van der Waals surface area contributed by atoms with Crippen molar-refractivity contribution in [2.24, 2.45) is 0 Å². The molecule has 1 aliphatic heterocycles. The van der Waals surface area contributed by atoms with Gasteiger partial charge < -0.3 is 0 Å². The first-order chi connectivity index (χ1) is 3.30. The van der Waals surface area contributed by atoms with Gasteiger partial charge in [-0.3, -0.25) is 5.32 Å². The van der Waals surface area contributed by atoms with Crippen LogP contribution >= 0.6 is 22.1 Å². The molecule has 1 N–H and O–H groups in total. The second kappa shape index (κ2) is 2.16. The van der Waals surface area contributed by atoms with Gasteiger partial charge in [0.25, 0.3) is 0 Å². The molecule has 0 aliphatic carbocycles. The van der Waals surface area contributed by atoms with Gasteiger partial charge in [0.05, 0.1) is 0 Å². The lowest BCUT2D eigenvalue weighted by Crippen LogP contribution is -2.11. The molecular weight excluding hydrogens is 130 g/mol. The first-order valence-corrected chi connectivity index (χ1v) is 4.37. The summed E-state index contributed by atoms with van der Waals surface area (Å²) < 4.78 is 0.958. The lowest BCUT2D eigenvalue weighted by atomic mass is 10.8. The Morgan fingerprint density at radius 1 is 1.86 bits per heavy atom. The van der Waals surface area contributed by atoms with Gasteiger partial charge >= 0.3 is 0 Å². The summed E-state index contributed by atoms with van der Waals surface area (Å²) in [4.78, 5) is 0. The summed E-state index contributed by atoms with van der Waals surface area (Å²) in [6.07, 6.45) is 2.16. The third-order valence-electron chi connectivity index (χ3n) is 0.978. The van der Waals surface area contributed by atoms with E-state index in [9.17, 15) is 0 Å². The van der Waals surface area contributed by atoms with Gasteiger partial charge in [0.2, 0.25) is 0 Å². The minimum atomic E-state index is 0.353. The zero-order valence-corrected chi connectivity index (χ0v) is 5.77. The molecule has 42 valence electrons. The Morgan fingerprint density at radius 3 is 2.71 bits per heavy atom. The third kappa shape index (κ3) is 1.18. The van der Waals surface area contributed by atoms with Crippen LogP contribution in [-0.2, 0) is 0 Å². The summed E-state index contributed by atoms with van der Waals surface area (Å²) in [6.45, 7) is 1.07. The first kappa shape index (κ1) is 5.60. The van der Waals surface area contributed by atoms with Gasteiger partial charge in [-0.25, -0.2) is 0 Å². The van der Waals surface area contributed by atoms with Gasteiger partial charge in [-0.1, -0.05) is 11.6 Å². The highest BCUT2D eigenvalue weighted by Gasteiger charge is 2.03. The van der Waals surface area contributed by atoms with E-state index in [1.165, 1.54) is 5.75 Å². The van der Waals surface area contributed by atoms with Crippen LogP contribution in [0.25, 0.3) is 0 Å². The summed E-state index contributed by atoms with van der Waals surface area (Å²) in [5.74, 6) is 1.22. The highest BCUT2D eigenvalue weighted by atomic mass is 35.5. The standard InChI is InChI=1S/C4H8ClNS/c1-7-3-2-6-4(7)5/h6H,2-3H2,1H3. The van der Waals surface area contributed by atoms with Crippen LogP contribution in [0.4, 0.5) is 0 Å². The molecular formula is C4H8ClNS. The van der Waals surface area contributed by atoms with Crippen molar-refractivity contribution in [3.63, 3.8) is 0 Å². The van der Waals surface area contributed by atoms with Crippen molar-refractivity contribution in [1.82, 2.24) is 5.32 Å². The van der Waals surface area contributed by atoms with Crippen molar-refractivity contribution >= 4 is 26.5 Å². The minimum absolute atomic E-state index is 0.353. The number of hydrogen-bond donors (Lipinski definition) is 1. The van der Waals surface area contributed by atoms with E-state index in [-0.39, 0.29) is 0 Å². The second-order valence-electron chi connectivity index (χ2n) is 1.54. The molecule has 1 nitrogen and oxygen atoms in total. The van der Waals surface area contributed by atoms with Crippen LogP contribution < -0.4 is 5.32 Å². The molecule has 0 saturated heterocycles. The molecule has 1 rings (SSSR count). The van der Waals surface area contributed by atoms with Crippen LogP contribution in [0.3, 0.4) is 0 Å². The van der Waals surface area contributed by atoms with E-state index >= 15 is 0 Å². The van der Waals surface area contributed by atoms with E-state index in [4.69, 9.17) is 11.6 Å². The average molecular weight is 138 g/mol. The van der Waals surface area contributed by atoms with E-state index in [0.717, 1.165) is 11.0 Å². The van der Waals surface area contributed by atoms with E-state index in [1.54, 1.807) is 0 Å². The molecule has 7 heavy (non-hydrogen) atoms. The van der Waals surface area contributed by atoms with Gasteiger partial charge in [0, 0.05) is 12.3 Å². The van der Waals surface area contributed by atoms with Crippen LogP contribution in [-0.4, -0.2) is 23.0 Å². The lowest BCUT2D eigenvalue weighted by Gasteiger charge is -1.87. The number of halogens is 1. The van der Waals surface area contributed by atoms with Crippen molar-refractivity contribution in [2.75, 3.05) is 18.6 Å². The Balaban J connectivity index is 2.64. The Hall–Kier alpha value is 0.470. The first-order valence-electron chi connectivity index (χ1n) is 2.19. The van der Waals surface area contributed by atoms with E-state index in [2.05, 4.69) is 11.6 Å². The van der Waals surface area contributed by atoms with Crippen LogP contribution in [0.15, 0.2) is 0 Å². The van der Waals surface area contributed by atoms with Gasteiger partial charge in [-0.05, 0) is 6.26 Å². The largest absolute Gasteiger partial charge is 0.273 e. The molecule has 1 heterocycles. The molecule has 0 spiro atoms. The van der Waals surface area contributed by atoms with Crippen molar-refractivity contribution in [1.29, 1.82) is 0 Å². The minimum Gasteiger partial charge on any atom is -0.273 e. The quantitative estimate of drug-likeness (QED) is 0.296. The fourth-order valence-electron chi connectivity index (χ4n) is 0.515. The lowest BCUT2D eigenvalue weighted by molar-refractivity contribution is 1.02. The van der Waals surface area contributed by atoms with Gasteiger partial charge in [-0.15, -0.1) is 0 Å². The zero-order chi connectivity index (χ0) is 5.28. The smallest absolute Gasteiger partial charge is 0.107 e. The van der Waals surface area contributed by atoms with Crippen molar-refractivity contribution in [3.05, 3.63) is 0 Å². The molecule has 0 aromatic rings. The van der Waals surface area contributed by atoms with E-state index in [0.29, 0.717) is 10.5 Å². The maximum absolute atomic E-state index is 5.68. The van der Waals surface area contributed by atoms with Crippen molar-refractivity contribution < 1.29 is 0 Å². The molecule has 0 amide bonds. The van der Waals surface area contributed by atoms with Gasteiger partial charge in [0.1, 0.15) is 4.45 Å². The Morgan fingerprint density at radius 2 is 2.57 bits per heavy atom. The fourth-order valence-corrected chi connectivity index (χ4v) is 1.78. The number of hydrogen-bond acceptors (Lipinski definition) is 1. The molecule has 1 unspecified atom stereocenters. The molecule has 3 heteroatoms. The highest BCUT2D eigenvalue weighted by Crippen LogP contribution is 2.13. The van der Waals surface area contributed by atoms with Crippen molar-refractivity contribution in [2.45, 2.75) is 0 Å². The molecule has 0 bridgehead atoms. The average Bonchev–Trinajstić information content (AvgIpc) is 1.91. The Kier molecular flexibility index (Phi) is 1.73. The predicted octanol–water partition coefficient (Wildman–Crippen LogP) is 0.815. The van der Waals surface area contributed by atoms with E-state index < -0.39 is 0 Å². The topological polar surface area (TPSA) is 12.0 Å². The third-order valence-corrected chi connectivity index (χ3v) is 3.47. The Bertz CT molecular complexity index is 98.3. The maximum Gasteiger partial charge on any atom is 0.107 e. The van der Waals surface area contributed by atoms with Crippen LogP contribution in [0.1, 0.15) is 0 Å². The molecule has 0 fully saturated rings. The summed E-state index contributed by atoms with van der Waals surface area (Å²) >= 11 is 5.68. The number of nitrogens with one attached hydrogen (secondary N) is 1. The highest BCUT2D eigenvalue weighted by molar-refractivity contribution is 8.17. The molecule has 0 saturated carbocycles. The molecule has 0 aromatic heterocycles. The summed E-state index contributed by atoms with van der Waals surface area (Å²) in [5.41, 5.74) is 0. The fraction of sp³-hybridized carbons (Fsp3) is 0.750. The van der Waals surface area contributed by atoms with Crippen molar-refractivity contribution in [3.8, 4) is 0 Å². The Labute approximate surface area is 51.0 Å². The normalized spacial score (nSPS) is 31.7. The summed E-state index contributed by atoms with van der Waals surface area (Å²) in [6, 6.07) is 0. The van der Waals surface area contributed by atoms with Crippen LogP contribution in [0.2, 0.25) is 0 Å². The number of rotatable bonds is 0. The summed E-state index contributed by atoms with van der Waals surface area (Å²) in [7, 11) is 0.353. The molecule has 1 aliphatic rings. The second-order valence-corrected chi connectivity index (χ2v) is 4.23. The van der Waals surface area contributed by atoms with Gasteiger partial charge in [-0.2, -0.15) is 10.5 Å². The predicted molar refractivity (Wildman–Crippen MR) is 37.2 cm³/mol. The van der Waals surface area contributed by atoms with Gasteiger partial charge in [0.15, 0.2) is 0 Å². The molecule has 0 radical (unpaired) electrons. The van der Waals surface area contributed by atoms with E-state index in [1.807, 2.05) is 0 Å². The molecule has 0 aromatic carbocycles. The van der Waals surface area contributed by atoms with Crippen LogP contribution in [0.5, 0.6) is 0 Å². The van der Waals surface area contributed by atoms with Crippen LogP contribution in [0, 0.1) is 0 Å². The SMILES string of the molecule is CS1=C(Cl)NCC1. The maximum atomic E-state index is 5.68. The summed E-state index contributed by atoms with van der Waals surface area (Å²) in [5, 5.41) is 3.06. The zero-order valence-electron chi connectivity index (χ0n) is 4.20. The monoisotopic (exact) mass is 137 g/mol. The molecule has 1 atom stereocenters.